The number of nitrogens with two attached hydrogens (primary N) is 1. The molecule has 3 heteroatoms. The number of pyridine rings is 1. The zero-order valence-corrected chi connectivity index (χ0v) is 11.1. The van der Waals surface area contributed by atoms with E-state index in [0.29, 0.717) is 0 Å². The van der Waals surface area contributed by atoms with Gasteiger partial charge < -0.3 is 10.6 Å². The molecule has 0 bridgehead atoms. The normalized spacial score (nSPS) is 26.9. The van der Waals surface area contributed by atoms with E-state index in [0.717, 1.165) is 36.3 Å². The van der Waals surface area contributed by atoms with Gasteiger partial charge in [-0.3, -0.25) is 0 Å². The number of aromatic nitrogens is 1. The van der Waals surface area contributed by atoms with E-state index in [1.807, 2.05) is 19.2 Å². The highest BCUT2D eigenvalue weighted by atomic mass is 15.2. The smallest absolute Gasteiger partial charge is 0.133 e. The molecule has 0 radical (unpaired) electrons. The fourth-order valence-corrected chi connectivity index (χ4v) is 2.48. The van der Waals surface area contributed by atoms with Crippen LogP contribution in [0.5, 0.6) is 0 Å². The van der Waals surface area contributed by atoms with Crippen molar-refractivity contribution in [1.82, 2.24) is 4.98 Å². The van der Waals surface area contributed by atoms with Gasteiger partial charge in [0.15, 0.2) is 0 Å². The first-order chi connectivity index (χ1) is 8.09. The van der Waals surface area contributed by atoms with Crippen LogP contribution in [0.1, 0.15) is 38.8 Å². The first kappa shape index (κ1) is 12.4. The van der Waals surface area contributed by atoms with Crippen LogP contribution in [0.3, 0.4) is 0 Å². The van der Waals surface area contributed by atoms with Crippen molar-refractivity contribution >= 4 is 5.82 Å². The summed E-state index contributed by atoms with van der Waals surface area (Å²) in [6.45, 7) is 8.88. The summed E-state index contributed by atoms with van der Waals surface area (Å²) < 4.78 is 0. The third-order valence-corrected chi connectivity index (χ3v) is 3.94. The minimum atomic E-state index is 0.0494. The number of anilines is 1. The Bertz CT molecular complexity index is 375. The minimum Gasteiger partial charge on any atom is -0.356 e. The summed E-state index contributed by atoms with van der Waals surface area (Å²) in [5.41, 5.74) is 7.18. The fourth-order valence-electron chi connectivity index (χ4n) is 2.48. The van der Waals surface area contributed by atoms with Crippen molar-refractivity contribution in [2.45, 2.75) is 33.2 Å². The van der Waals surface area contributed by atoms with Crippen LogP contribution in [0.2, 0.25) is 0 Å². The van der Waals surface area contributed by atoms with Crippen LogP contribution in [-0.2, 0) is 0 Å². The molecule has 2 N–H and O–H groups in total. The molecule has 3 atom stereocenters. The van der Waals surface area contributed by atoms with Gasteiger partial charge in [0.1, 0.15) is 5.82 Å². The Morgan fingerprint density at radius 1 is 1.41 bits per heavy atom. The molecule has 1 aliphatic heterocycles. The molecular weight excluding hydrogens is 210 g/mol. The van der Waals surface area contributed by atoms with Gasteiger partial charge in [0.05, 0.1) is 0 Å². The van der Waals surface area contributed by atoms with Crippen molar-refractivity contribution in [3.63, 3.8) is 0 Å². The van der Waals surface area contributed by atoms with Gasteiger partial charge in [-0.05, 0) is 31.2 Å². The Labute approximate surface area is 104 Å². The summed E-state index contributed by atoms with van der Waals surface area (Å²) in [5, 5.41) is 0. The molecule has 0 amide bonds. The number of rotatable bonds is 2. The van der Waals surface area contributed by atoms with Gasteiger partial charge in [0.2, 0.25) is 0 Å². The molecule has 0 saturated carbocycles. The van der Waals surface area contributed by atoms with Crippen molar-refractivity contribution in [3.05, 3.63) is 23.9 Å². The molecule has 1 aliphatic rings. The van der Waals surface area contributed by atoms with Crippen LogP contribution >= 0.6 is 0 Å². The van der Waals surface area contributed by atoms with E-state index in [-0.39, 0.29) is 6.04 Å². The summed E-state index contributed by atoms with van der Waals surface area (Å²) in [6.07, 6.45) is 3.11. The van der Waals surface area contributed by atoms with E-state index in [9.17, 15) is 0 Å². The topological polar surface area (TPSA) is 42.1 Å². The molecule has 0 spiro atoms. The van der Waals surface area contributed by atoms with Gasteiger partial charge in [0, 0.05) is 30.9 Å². The van der Waals surface area contributed by atoms with Crippen LogP contribution < -0.4 is 10.6 Å². The zero-order valence-electron chi connectivity index (χ0n) is 11.1. The van der Waals surface area contributed by atoms with Crippen LogP contribution in [-0.4, -0.2) is 18.1 Å². The highest BCUT2D eigenvalue weighted by molar-refractivity contribution is 5.48. The van der Waals surface area contributed by atoms with Gasteiger partial charge in [-0.1, -0.05) is 19.9 Å². The standard InChI is InChI=1S/C14H23N3/c1-10-6-8-17(9-11(10)2)14-13(12(3)15)5-4-7-16-14/h4-5,7,10-12H,6,8-9,15H2,1-3H3. The quantitative estimate of drug-likeness (QED) is 0.853. The molecule has 1 aromatic rings. The average Bonchev–Trinajstić information content (AvgIpc) is 2.32. The second-order valence-corrected chi connectivity index (χ2v) is 5.39. The number of nitrogens with zero attached hydrogens (tertiary/aromatic N) is 2. The van der Waals surface area contributed by atoms with Crippen molar-refractivity contribution in [1.29, 1.82) is 0 Å². The maximum absolute atomic E-state index is 6.02. The van der Waals surface area contributed by atoms with Gasteiger partial charge in [-0.2, -0.15) is 0 Å². The Morgan fingerprint density at radius 3 is 2.82 bits per heavy atom. The third kappa shape index (κ3) is 2.60. The predicted octanol–water partition coefficient (Wildman–Crippen LogP) is 2.58. The van der Waals surface area contributed by atoms with Gasteiger partial charge in [-0.25, -0.2) is 4.98 Å². The molecule has 2 heterocycles. The van der Waals surface area contributed by atoms with Crippen LogP contribution in [0, 0.1) is 11.8 Å². The molecule has 2 rings (SSSR count). The van der Waals surface area contributed by atoms with E-state index < -0.39 is 0 Å². The molecule has 1 aromatic heterocycles. The molecule has 94 valence electrons. The summed E-state index contributed by atoms with van der Waals surface area (Å²) in [5.74, 6) is 2.63. The average molecular weight is 233 g/mol. The monoisotopic (exact) mass is 233 g/mol. The lowest BCUT2D eigenvalue weighted by atomic mass is 9.88. The maximum atomic E-state index is 6.02. The van der Waals surface area contributed by atoms with E-state index in [1.54, 1.807) is 0 Å². The zero-order chi connectivity index (χ0) is 12.4. The molecule has 0 aliphatic carbocycles. The Kier molecular flexibility index (Phi) is 3.67. The first-order valence-electron chi connectivity index (χ1n) is 6.55. The number of hydrogen-bond acceptors (Lipinski definition) is 3. The Balaban J connectivity index is 2.22. The van der Waals surface area contributed by atoms with Gasteiger partial charge in [-0.15, -0.1) is 0 Å². The van der Waals surface area contributed by atoms with E-state index in [1.165, 1.54) is 6.42 Å². The molecular formula is C14H23N3. The molecule has 17 heavy (non-hydrogen) atoms. The molecule has 1 saturated heterocycles. The fraction of sp³-hybridized carbons (Fsp3) is 0.643. The second kappa shape index (κ2) is 5.05. The van der Waals surface area contributed by atoms with Gasteiger partial charge >= 0.3 is 0 Å². The largest absolute Gasteiger partial charge is 0.356 e. The van der Waals surface area contributed by atoms with Crippen molar-refractivity contribution in [2.24, 2.45) is 17.6 Å². The third-order valence-electron chi connectivity index (χ3n) is 3.94. The molecule has 1 fully saturated rings. The minimum absolute atomic E-state index is 0.0494. The second-order valence-electron chi connectivity index (χ2n) is 5.39. The lowest BCUT2D eigenvalue weighted by Crippen LogP contribution is -2.39. The molecule has 0 aromatic carbocycles. The van der Waals surface area contributed by atoms with Crippen molar-refractivity contribution < 1.29 is 0 Å². The van der Waals surface area contributed by atoms with Crippen LogP contribution in [0.15, 0.2) is 18.3 Å². The molecule has 3 unspecified atom stereocenters. The Morgan fingerprint density at radius 2 is 2.18 bits per heavy atom. The highest BCUT2D eigenvalue weighted by Crippen LogP contribution is 2.29. The van der Waals surface area contributed by atoms with E-state index >= 15 is 0 Å². The summed E-state index contributed by atoms with van der Waals surface area (Å²) >= 11 is 0. The van der Waals surface area contributed by atoms with Crippen molar-refractivity contribution in [2.75, 3.05) is 18.0 Å². The van der Waals surface area contributed by atoms with E-state index in [2.05, 4.69) is 29.8 Å². The van der Waals surface area contributed by atoms with Crippen LogP contribution in [0.25, 0.3) is 0 Å². The maximum Gasteiger partial charge on any atom is 0.133 e. The summed E-state index contributed by atoms with van der Waals surface area (Å²) in [7, 11) is 0. The van der Waals surface area contributed by atoms with Gasteiger partial charge in [0.25, 0.3) is 0 Å². The van der Waals surface area contributed by atoms with E-state index in [4.69, 9.17) is 5.73 Å². The number of hydrogen-bond donors (Lipinski definition) is 1. The highest BCUT2D eigenvalue weighted by Gasteiger charge is 2.25. The molecule has 3 nitrogen and oxygen atoms in total. The first-order valence-corrected chi connectivity index (χ1v) is 6.55. The Hall–Kier alpha value is -1.09. The lowest BCUT2D eigenvalue weighted by molar-refractivity contribution is 0.322. The summed E-state index contributed by atoms with van der Waals surface area (Å²) in [4.78, 5) is 6.92. The predicted molar refractivity (Wildman–Crippen MR) is 72.0 cm³/mol. The lowest BCUT2D eigenvalue weighted by Gasteiger charge is -2.37. The van der Waals surface area contributed by atoms with Crippen LogP contribution in [0.4, 0.5) is 5.82 Å². The summed E-state index contributed by atoms with van der Waals surface area (Å²) in [6, 6.07) is 4.11. The van der Waals surface area contributed by atoms with Crippen molar-refractivity contribution in [3.8, 4) is 0 Å². The SMILES string of the molecule is CC(N)c1cccnc1N1CCC(C)C(C)C1. The number of piperidine rings is 1.